The zero-order valence-corrected chi connectivity index (χ0v) is 15.7. The molecule has 0 spiro atoms. The molecule has 1 amide bonds. The molecular weight excluding hydrogens is 391 g/mol. The second kappa shape index (κ2) is 8.97. The number of hydrogen-bond donors (Lipinski definition) is 3. The van der Waals surface area contributed by atoms with Gasteiger partial charge in [-0.25, -0.2) is 0 Å². The molecule has 0 bridgehead atoms. The fourth-order valence-corrected chi connectivity index (χ4v) is 2.23. The number of rotatable bonds is 5. The Morgan fingerprint density at radius 2 is 2.14 bits per heavy atom. The third-order valence-electron chi connectivity index (χ3n) is 3.78. The highest BCUT2D eigenvalue weighted by molar-refractivity contribution is 14.0. The Morgan fingerprint density at radius 3 is 2.73 bits per heavy atom. The minimum Gasteiger partial charge on any atom is -0.356 e. The Bertz CT molecular complexity index is 533. The molecule has 2 unspecified atom stereocenters. The van der Waals surface area contributed by atoms with Crippen molar-refractivity contribution in [2.24, 2.45) is 10.9 Å². The van der Waals surface area contributed by atoms with Gasteiger partial charge in [-0.05, 0) is 36.5 Å². The Labute approximate surface area is 149 Å². The van der Waals surface area contributed by atoms with Gasteiger partial charge in [0.2, 0.25) is 0 Å². The third-order valence-corrected chi connectivity index (χ3v) is 3.78. The van der Waals surface area contributed by atoms with Crippen molar-refractivity contribution in [3.05, 3.63) is 35.4 Å². The van der Waals surface area contributed by atoms with Crippen LogP contribution < -0.4 is 16.0 Å². The van der Waals surface area contributed by atoms with Crippen LogP contribution in [-0.4, -0.2) is 38.5 Å². The smallest absolute Gasteiger partial charge is 0.251 e. The van der Waals surface area contributed by atoms with Crippen LogP contribution in [0.1, 0.15) is 29.3 Å². The summed E-state index contributed by atoms with van der Waals surface area (Å²) in [6, 6.07) is 8.27. The quantitative estimate of drug-likeness (QED) is 0.390. The summed E-state index contributed by atoms with van der Waals surface area (Å²) < 4.78 is 0. The van der Waals surface area contributed by atoms with Crippen LogP contribution >= 0.6 is 24.0 Å². The second-order valence-electron chi connectivity index (χ2n) is 5.49. The number of nitrogens with zero attached hydrogens (tertiary/aromatic N) is 1. The predicted molar refractivity (Wildman–Crippen MR) is 101 cm³/mol. The van der Waals surface area contributed by atoms with Crippen molar-refractivity contribution in [2.75, 3.05) is 20.6 Å². The monoisotopic (exact) mass is 416 g/mol. The largest absolute Gasteiger partial charge is 0.356 e. The molecule has 0 saturated heterocycles. The van der Waals surface area contributed by atoms with Gasteiger partial charge in [-0.1, -0.05) is 19.1 Å². The summed E-state index contributed by atoms with van der Waals surface area (Å²) in [5.41, 5.74) is 1.84. The highest BCUT2D eigenvalue weighted by Gasteiger charge is 2.33. The van der Waals surface area contributed by atoms with Crippen molar-refractivity contribution in [3.8, 4) is 0 Å². The molecule has 122 valence electrons. The first-order chi connectivity index (χ1) is 10.1. The lowest BCUT2D eigenvalue weighted by molar-refractivity contribution is 0.0963. The summed E-state index contributed by atoms with van der Waals surface area (Å²) in [7, 11) is 3.43. The van der Waals surface area contributed by atoms with Crippen LogP contribution in [0, 0.1) is 5.92 Å². The summed E-state index contributed by atoms with van der Waals surface area (Å²) in [6.45, 7) is 3.02. The highest BCUT2D eigenvalue weighted by atomic mass is 127. The van der Waals surface area contributed by atoms with E-state index in [1.54, 1.807) is 14.1 Å². The molecule has 0 radical (unpaired) electrons. The van der Waals surface area contributed by atoms with Crippen LogP contribution in [0.4, 0.5) is 0 Å². The molecular formula is C16H25IN4O. The molecule has 1 aromatic rings. The minimum absolute atomic E-state index is 0. The molecule has 5 nitrogen and oxygen atoms in total. The van der Waals surface area contributed by atoms with Crippen molar-refractivity contribution in [2.45, 2.75) is 25.8 Å². The molecule has 3 N–H and O–H groups in total. The third kappa shape index (κ3) is 5.47. The lowest BCUT2D eigenvalue weighted by Gasteiger charge is -2.11. The van der Waals surface area contributed by atoms with E-state index in [1.165, 1.54) is 6.42 Å². The van der Waals surface area contributed by atoms with E-state index in [0.29, 0.717) is 11.6 Å². The lowest BCUT2D eigenvalue weighted by atomic mass is 10.1. The Kier molecular flexibility index (Phi) is 7.64. The van der Waals surface area contributed by atoms with E-state index in [2.05, 4.69) is 27.9 Å². The maximum atomic E-state index is 11.6. The summed E-state index contributed by atoms with van der Waals surface area (Å²) in [4.78, 5) is 15.8. The lowest BCUT2D eigenvalue weighted by Crippen LogP contribution is -2.39. The van der Waals surface area contributed by atoms with Crippen LogP contribution in [0.15, 0.2) is 29.3 Å². The second-order valence-corrected chi connectivity index (χ2v) is 5.49. The number of guanidine groups is 1. The van der Waals surface area contributed by atoms with Gasteiger partial charge in [0.1, 0.15) is 0 Å². The molecule has 1 saturated carbocycles. The normalized spacial score (nSPS) is 19.9. The van der Waals surface area contributed by atoms with Gasteiger partial charge in [0, 0.05) is 32.2 Å². The first kappa shape index (κ1) is 18.7. The number of halogens is 1. The standard InChI is InChI=1S/C16H24N4O.HI/c1-11-9-14(11)20-16(18-3)19-8-7-12-5-4-6-13(10-12)15(21)17-2;/h4-6,10-11,14H,7-9H2,1-3H3,(H,17,21)(H2,18,19,20);1H. The number of nitrogens with one attached hydrogen (secondary N) is 3. The molecule has 2 atom stereocenters. The summed E-state index contributed by atoms with van der Waals surface area (Å²) in [6.07, 6.45) is 2.07. The van der Waals surface area contributed by atoms with Crippen molar-refractivity contribution >= 4 is 35.8 Å². The maximum Gasteiger partial charge on any atom is 0.251 e. The van der Waals surface area contributed by atoms with E-state index in [0.717, 1.165) is 30.4 Å². The molecule has 1 fully saturated rings. The van der Waals surface area contributed by atoms with Gasteiger partial charge in [0.25, 0.3) is 5.91 Å². The van der Waals surface area contributed by atoms with Crippen LogP contribution in [0.2, 0.25) is 0 Å². The number of carbonyl (C=O) groups excluding carboxylic acids is 1. The van der Waals surface area contributed by atoms with E-state index >= 15 is 0 Å². The average molecular weight is 416 g/mol. The average Bonchev–Trinajstić information content (AvgIpc) is 3.20. The van der Waals surface area contributed by atoms with Gasteiger partial charge in [0.15, 0.2) is 5.96 Å². The summed E-state index contributed by atoms with van der Waals surface area (Å²) >= 11 is 0. The van der Waals surface area contributed by atoms with E-state index in [9.17, 15) is 4.79 Å². The molecule has 1 aromatic carbocycles. The van der Waals surface area contributed by atoms with E-state index in [-0.39, 0.29) is 29.9 Å². The van der Waals surface area contributed by atoms with Gasteiger partial charge in [-0.2, -0.15) is 0 Å². The zero-order chi connectivity index (χ0) is 15.2. The van der Waals surface area contributed by atoms with Gasteiger partial charge in [0.05, 0.1) is 0 Å². The van der Waals surface area contributed by atoms with Crippen molar-refractivity contribution in [1.29, 1.82) is 0 Å². The van der Waals surface area contributed by atoms with Crippen LogP contribution in [0.5, 0.6) is 0 Å². The van der Waals surface area contributed by atoms with Crippen LogP contribution in [-0.2, 0) is 6.42 Å². The summed E-state index contributed by atoms with van der Waals surface area (Å²) in [5.74, 6) is 1.55. The molecule has 6 heteroatoms. The van der Waals surface area contributed by atoms with E-state index < -0.39 is 0 Å². The Balaban J connectivity index is 0.00000242. The van der Waals surface area contributed by atoms with Crippen LogP contribution in [0.3, 0.4) is 0 Å². The zero-order valence-electron chi connectivity index (χ0n) is 13.3. The summed E-state index contributed by atoms with van der Waals surface area (Å²) in [5, 5.41) is 9.34. The molecule has 2 rings (SSSR count). The maximum absolute atomic E-state index is 11.6. The van der Waals surface area contributed by atoms with Crippen molar-refractivity contribution in [3.63, 3.8) is 0 Å². The van der Waals surface area contributed by atoms with Gasteiger partial charge in [-0.3, -0.25) is 9.79 Å². The van der Waals surface area contributed by atoms with Gasteiger partial charge < -0.3 is 16.0 Å². The molecule has 1 aliphatic carbocycles. The Morgan fingerprint density at radius 1 is 1.41 bits per heavy atom. The first-order valence-corrected chi connectivity index (χ1v) is 7.42. The highest BCUT2D eigenvalue weighted by Crippen LogP contribution is 2.28. The first-order valence-electron chi connectivity index (χ1n) is 7.42. The molecule has 0 heterocycles. The molecule has 22 heavy (non-hydrogen) atoms. The number of hydrogen-bond acceptors (Lipinski definition) is 2. The molecule has 0 aromatic heterocycles. The van der Waals surface area contributed by atoms with Crippen molar-refractivity contribution in [1.82, 2.24) is 16.0 Å². The number of carbonyl (C=O) groups is 1. The minimum atomic E-state index is -0.0509. The van der Waals surface area contributed by atoms with E-state index in [1.807, 2.05) is 24.3 Å². The fraction of sp³-hybridized carbons (Fsp3) is 0.500. The van der Waals surface area contributed by atoms with Crippen molar-refractivity contribution < 1.29 is 4.79 Å². The fourth-order valence-electron chi connectivity index (χ4n) is 2.23. The molecule has 0 aliphatic heterocycles. The topological polar surface area (TPSA) is 65.5 Å². The predicted octanol–water partition coefficient (Wildman–Crippen LogP) is 1.78. The van der Waals surface area contributed by atoms with Gasteiger partial charge in [-0.15, -0.1) is 24.0 Å². The number of aliphatic imine (C=N–C) groups is 1. The SMILES string of the molecule is CN=C(NCCc1cccc(C(=O)NC)c1)NC1CC1C.I. The number of benzene rings is 1. The van der Waals surface area contributed by atoms with E-state index in [4.69, 9.17) is 0 Å². The van der Waals surface area contributed by atoms with Crippen LogP contribution in [0.25, 0.3) is 0 Å². The van der Waals surface area contributed by atoms with Gasteiger partial charge >= 0.3 is 0 Å². The molecule has 1 aliphatic rings. The number of amides is 1. The Hall–Kier alpha value is -1.31.